The predicted molar refractivity (Wildman–Crippen MR) is 102 cm³/mol. The van der Waals surface area contributed by atoms with Crippen molar-refractivity contribution in [3.8, 4) is 0 Å². The number of rotatable bonds is 4. The average molecular weight is 370 g/mol. The van der Waals surface area contributed by atoms with Crippen LogP contribution in [0.2, 0.25) is 5.02 Å². The topological polar surface area (TPSA) is 62.3 Å². The summed E-state index contributed by atoms with van der Waals surface area (Å²) in [4.78, 5) is 30.2. The molecule has 1 N–H and O–H groups in total. The van der Waals surface area contributed by atoms with E-state index in [0.717, 1.165) is 18.4 Å². The first-order chi connectivity index (χ1) is 12.6. The predicted octanol–water partition coefficient (Wildman–Crippen LogP) is 3.17. The van der Waals surface area contributed by atoms with Gasteiger partial charge in [0.15, 0.2) is 0 Å². The Labute approximate surface area is 157 Å². The minimum atomic E-state index is -0.120. The summed E-state index contributed by atoms with van der Waals surface area (Å²) >= 11 is 5.85. The molecule has 0 spiro atoms. The number of nitrogens with one attached hydrogen (secondary N) is 1. The monoisotopic (exact) mass is 369 g/mol. The standard InChI is InChI=1S/C20H20ClN3O2/c21-17-6-3-15(4-7-17)5-8-19(25)24-12-9-18(10-13-24)23-20(26)16-2-1-11-22-14-16/h1-8,11,14,18H,9-10,12-13H2,(H,23,26). The second kappa shape index (κ2) is 8.63. The van der Waals surface area contributed by atoms with Gasteiger partial charge in [-0.2, -0.15) is 0 Å². The third-order valence-corrected chi connectivity index (χ3v) is 4.61. The lowest BCUT2D eigenvalue weighted by Crippen LogP contribution is -2.46. The van der Waals surface area contributed by atoms with Crippen molar-refractivity contribution < 1.29 is 9.59 Å². The van der Waals surface area contributed by atoms with Gasteiger partial charge in [-0.05, 0) is 48.7 Å². The highest BCUT2D eigenvalue weighted by molar-refractivity contribution is 6.30. The Balaban J connectivity index is 1.48. The van der Waals surface area contributed by atoms with E-state index in [-0.39, 0.29) is 17.9 Å². The van der Waals surface area contributed by atoms with Crippen LogP contribution in [0, 0.1) is 0 Å². The average Bonchev–Trinajstić information content (AvgIpc) is 2.68. The fraction of sp³-hybridized carbons (Fsp3) is 0.250. The van der Waals surface area contributed by atoms with Crippen molar-refractivity contribution in [3.63, 3.8) is 0 Å². The number of piperidine rings is 1. The summed E-state index contributed by atoms with van der Waals surface area (Å²) in [6, 6.07) is 10.9. The first kappa shape index (κ1) is 18.1. The maximum Gasteiger partial charge on any atom is 0.253 e. The van der Waals surface area contributed by atoms with Gasteiger partial charge in [0.25, 0.3) is 5.91 Å². The number of aromatic nitrogens is 1. The molecule has 1 aliphatic rings. The number of pyridine rings is 1. The summed E-state index contributed by atoms with van der Waals surface area (Å²) in [6.45, 7) is 1.25. The number of hydrogen-bond donors (Lipinski definition) is 1. The molecule has 2 aromatic rings. The van der Waals surface area contributed by atoms with Crippen LogP contribution in [-0.4, -0.2) is 40.8 Å². The van der Waals surface area contributed by atoms with Crippen molar-refractivity contribution in [1.29, 1.82) is 0 Å². The van der Waals surface area contributed by atoms with Crippen molar-refractivity contribution in [2.45, 2.75) is 18.9 Å². The molecule has 1 aromatic carbocycles. The Morgan fingerprint density at radius 1 is 1.15 bits per heavy atom. The van der Waals surface area contributed by atoms with Gasteiger partial charge in [0.1, 0.15) is 0 Å². The van der Waals surface area contributed by atoms with Crippen LogP contribution >= 0.6 is 11.6 Å². The number of hydrogen-bond acceptors (Lipinski definition) is 3. The number of benzene rings is 1. The molecule has 26 heavy (non-hydrogen) atoms. The van der Waals surface area contributed by atoms with Gasteiger partial charge < -0.3 is 10.2 Å². The molecule has 3 rings (SSSR count). The minimum Gasteiger partial charge on any atom is -0.349 e. The quantitative estimate of drug-likeness (QED) is 0.842. The fourth-order valence-electron chi connectivity index (χ4n) is 2.86. The van der Waals surface area contributed by atoms with E-state index in [1.54, 1.807) is 53.7 Å². The lowest BCUT2D eigenvalue weighted by Gasteiger charge is -2.31. The summed E-state index contributed by atoms with van der Waals surface area (Å²) in [7, 11) is 0. The van der Waals surface area contributed by atoms with E-state index in [1.807, 2.05) is 12.1 Å². The third-order valence-electron chi connectivity index (χ3n) is 4.35. The molecule has 0 saturated carbocycles. The van der Waals surface area contributed by atoms with Crippen LogP contribution in [0.15, 0.2) is 54.9 Å². The Kier molecular flexibility index (Phi) is 6.02. The van der Waals surface area contributed by atoms with Gasteiger partial charge in [0.05, 0.1) is 5.56 Å². The van der Waals surface area contributed by atoms with E-state index in [1.165, 1.54) is 0 Å². The van der Waals surface area contributed by atoms with Crippen LogP contribution in [-0.2, 0) is 4.79 Å². The summed E-state index contributed by atoms with van der Waals surface area (Å²) in [5.74, 6) is -0.137. The minimum absolute atomic E-state index is 0.0167. The first-order valence-corrected chi connectivity index (χ1v) is 8.93. The molecule has 0 bridgehead atoms. The van der Waals surface area contributed by atoms with Gasteiger partial charge in [0.2, 0.25) is 5.91 Å². The van der Waals surface area contributed by atoms with Crippen molar-refractivity contribution in [2.75, 3.05) is 13.1 Å². The number of nitrogens with zero attached hydrogens (tertiary/aromatic N) is 2. The normalized spacial score (nSPS) is 15.2. The Morgan fingerprint density at radius 3 is 2.54 bits per heavy atom. The van der Waals surface area contributed by atoms with Gasteiger partial charge in [-0.15, -0.1) is 0 Å². The van der Waals surface area contributed by atoms with Crippen LogP contribution in [0.1, 0.15) is 28.8 Å². The smallest absolute Gasteiger partial charge is 0.253 e. The molecular weight excluding hydrogens is 350 g/mol. The molecule has 1 fully saturated rings. The number of likely N-dealkylation sites (tertiary alicyclic amines) is 1. The lowest BCUT2D eigenvalue weighted by molar-refractivity contribution is -0.126. The van der Waals surface area contributed by atoms with Crippen molar-refractivity contribution >= 4 is 29.5 Å². The van der Waals surface area contributed by atoms with Crippen molar-refractivity contribution in [3.05, 3.63) is 71.0 Å². The summed E-state index contributed by atoms with van der Waals surface area (Å²) in [5.41, 5.74) is 1.48. The number of amides is 2. The molecule has 2 amide bonds. The first-order valence-electron chi connectivity index (χ1n) is 8.55. The molecule has 2 heterocycles. The van der Waals surface area contributed by atoms with Gasteiger partial charge in [0, 0.05) is 42.6 Å². The second-order valence-corrected chi connectivity index (χ2v) is 6.64. The summed E-state index contributed by atoms with van der Waals surface area (Å²) < 4.78 is 0. The molecule has 0 atom stereocenters. The molecule has 1 aromatic heterocycles. The highest BCUT2D eigenvalue weighted by atomic mass is 35.5. The highest BCUT2D eigenvalue weighted by Gasteiger charge is 2.23. The largest absolute Gasteiger partial charge is 0.349 e. The van der Waals surface area contributed by atoms with Gasteiger partial charge in [-0.25, -0.2) is 0 Å². The van der Waals surface area contributed by atoms with Crippen LogP contribution < -0.4 is 5.32 Å². The molecule has 0 radical (unpaired) electrons. The molecule has 1 saturated heterocycles. The molecule has 134 valence electrons. The molecule has 0 aliphatic carbocycles. The Hall–Kier alpha value is -2.66. The zero-order chi connectivity index (χ0) is 18.4. The van der Waals surface area contributed by atoms with E-state index in [9.17, 15) is 9.59 Å². The van der Waals surface area contributed by atoms with Gasteiger partial charge in [-0.1, -0.05) is 23.7 Å². The second-order valence-electron chi connectivity index (χ2n) is 6.20. The number of halogens is 1. The zero-order valence-electron chi connectivity index (χ0n) is 14.3. The highest BCUT2D eigenvalue weighted by Crippen LogP contribution is 2.14. The molecule has 1 aliphatic heterocycles. The van der Waals surface area contributed by atoms with Crippen molar-refractivity contribution in [2.24, 2.45) is 0 Å². The van der Waals surface area contributed by atoms with E-state index < -0.39 is 0 Å². The van der Waals surface area contributed by atoms with E-state index >= 15 is 0 Å². The molecular formula is C20H20ClN3O2. The van der Waals surface area contributed by atoms with Gasteiger partial charge >= 0.3 is 0 Å². The SMILES string of the molecule is O=C(NC1CCN(C(=O)C=Cc2ccc(Cl)cc2)CC1)c1cccnc1. The summed E-state index contributed by atoms with van der Waals surface area (Å²) in [6.07, 6.45) is 8.04. The Morgan fingerprint density at radius 2 is 1.88 bits per heavy atom. The van der Waals surface area contributed by atoms with E-state index in [0.29, 0.717) is 23.7 Å². The molecule has 6 heteroatoms. The van der Waals surface area contributed by atoms with E-state index in [4.69, 9.17) is 11.6 Å². The Bertz CT molecular complexity index is 782. The number of carbonyl (C=O) groups excluding carboxylic acids is 2. The summed E-state index contributed by atoms with van der Waals surface area (Å²) in [5, 5.41) is 3.68. The zero-order valence-corrected chi connectivity index (χ0v) is 15.0. The fourth-order valence-corrected chi connectivity index (χ4v) is 2.98. The van der Waals surface area contributed by atoms with Gasteiger partial charge in [-0.3, -0.25) is 14.6 Å². The number of carbonyl (C=O) groups is 2. The van der Waals surface area contributed by atoms with Crippen LogP contribution in [0.5, 0.6) is 0 Å². The van der Waals surface area contributed by atoms with Crippen LogP contribution in [0.25, 0.3) is 6.08 Å². The van der Waals surface area contributed by atoms with Crippen molar-refractivity contribution in [1.82, 2.24) is 15.2 Å². The van der Waals surface area contributed by atoms with Crippen LogP contribution in [0.3, 0.4) is 0 Å². The third kappa shape index (κ3) is 4.92. The maximum atomic E-state index is 12.3. The molecule has 5 nitrogen and oxygen atoms in total. The van der Waals surface area contributed by atoms with Crippen LogP contribution in [0.4, 0.5) is 0 Å². The van der Waals surface area contributed by atoms with E-state index in [2.05, 4.69) is 10.3 Å². The maximum absolute atomic E-state index is 12.3. The lowest BCUT2D eigenvalue weighted by atomic mass is 10.0. The molecule has 0 unspecified atom stereocenters.